The van der Waals surface area contributed by atoms with E-state index in [1.54, 1.807) is 0 Å². The van der Waals surface area contributed by atoms with Crippen molar-refractivity contribution in [1.82, 2.24) is 0 Å². The minimum absolute atomic E-state index is 0.730. The van der Waals surface area contributed by atoms with Gasteiger partial charge in [0.2, 0.25) is 0 Å². The molecule has 2 nitrogen and oxygen atoms in total. The first kappa shape index (κ1) is 11.9. The Bertz CT molecular complexity index is 93.9. The molecule has 0 aliphatic carbocycles. The fraction of sp³-hybridized carbons (Fsp3) is 0.750. The second kappa shape index (κ2) is 15.7. The zero-order chi connectivity index (χ0) is 8.24. The Morgan fingerprint density at radius 3 is 2.30 bits per heavy atom. The van der Waals surface area contributed by atoms with Crippen molar-refractivity contribution in [3.63, 3.8) is 0 Å². The summed E-state index contributed by atoms with van der Waals surface area (Å²) in [6.07, 6.45) is 4.97. The molecule has 0 saturated heterocycles. The maximum atomic E-state index is 8.81. The lowest BCUT2D eigenvalue weighted by Crippen LogP contribution is -1.68. The minimum atomic E-state index is 0.730. The van der Waals surface area contributed by atoms with Crippen LogP contribution in [0.25, 0.3) is 0 Å². The summed E-state index contributed by atoms with van der Waals surface area (Å²) in [5, 5.41) is 8.04. The standard InChI is InChI=1S/C6H11N.C2H4O/c1-2-3-4-5-6-7;1-2-3/h2-5H2,1H3;2H,1H3. The van der Waals surface area contributed by atoms with Gasteiger partial charge in [0.05, 0.1) is 6.07 Å². The third-order valence-electron chi connectivity index (χ3n) is 0.892. The van der Waals surface area contributed by atoms with Gasteiger partial charge in [0.25, 0.3) is 0 Å². The highest BCUT2D eigenvalue weighted by atomic mass is 16.1. The van der Waals surface area contributed by atoms with Crippen LogP contribution in [0.3, 0.4) is 0 Å². The van der Waals surface area contributed by atoms with Gasteiger partial charge in [-0.25, -0.2) is 0 Å². The number of nitrogens with zero attached hydrogens (tertiary/aromatic N) is 1. The van der Waals surface area contributed by atoms with Crippen molar-refractivity contribution in [2.24, 2.45) is 0 Å². The molecule has 0 atom stereocenters. The monoisotopic (exact) mass is 141 g/mol. The Morgan fingerprint density at radius 1 is 1.50 bits per heavy atom. The summed E-state index contributed by atoms with van der Waals surface area (Å²) in [6.45, 7) is 3.58. The fourth-order valence-corrected chi connectivity index (χ4v) is 0.454. The maximum Gasteiger partial charge on any atom is 0.116 e. The van der Waals surface area contributed by atoms with Crippen LogP contribution >= 0.6 is 0 Å². The van der Waals surface area contributed by atoms with Crippen LogP contribution in [-0.2, 0) is 4.79 Å². The van der Waals surface area contributed by atoms with E-state index in [2.05, 4.69) is 13.0 Å². The van der Waals surface area contributed by atoms with E-state index >= 15 is 0 Å². The van der Waals surface area contributed by atoms with Crippen LogP contribution in [-0.4, -0.2) is 6.29 Å². The number of hydrogen-bond donors (Lipinski definition) is 0. The van der Waals surface area contributed by atoms with E-state index in [9.17, 15) is 0 Å². The number of nitriles is 1. The highest BCUT2D eigenvalue weighted by Gasteiger charge is 1.79. The molecule has 0 aromatic heterocycles. The molecule has 0 fully saturated rings. The van der Waals surface area contributed by atoms with Crippen molar-refractivity contribution in [1.29, 1.82) is 5.26 Å². The summed E-state index contributed by atoms with van der Waals surface area (Å²) in [7, 11) is 0. The van der Waals surface area contributed by atoms with Crippen molar-refractivity contribution < 1.29 is 4.79 Å². The molecule has 0 amide bonds. The number of carbonyl (C=O) groups excluding carboxylic acids is 1. The van der Waals surface area contributed by atoms with E-state index in [1.807, 2.05) is 0 Å². The topological polar surface area (TPSA) is 40.9 Å². The quantitative estimate of drug-likeness (QED) is 0.447. The van der Waals surface area contributed by atoms with Crippen molar-refractivity contribution in [2.45, 2.75) is 39.5 Å². The predicted molar refractivity (Wildman–Crippen MR) is 41.5 cm³/mol. The molecule has 0 bridgehead atoms. The molecule has 0 aromatic carbocycles. The summed E-state index contributed by atoms with van der Waals surface area (Å²) >= 11 is 0. The number of carbonyl (C=O) groups is 1. The molecule has 10 heavy (non-hydrogen) atoms. The molecular weight excluding hydrogens is 126 g/mol. The SMILES string of the molecule is CC=O.CCCCCC#N. The van der Waals surface area contributed by atoms with Gasteiger partial charge in [0.1, 0.15) is 6.29 Å². The van der Waals surface area contributed by atoms with Crippen LogP contribution < -0.4 is 0 Å². The molecule has 0 heterocycles. The lowest BCUT2D eigenvalue weighted by atomic mass is 10.2. The lowest BCUT2D eigenvalue weighted by molar-refractivity contribution is -0.106. The van der Waals surface area contributed by atoms with Crippen LogP contribution in [0.5, 0.6) is 0 Å². The van der Waals surface area contributed by atoms with E-state index < -0.39 is 0 Å². The molecule has 0 radical (unpaired) electrons. The van der Waals surface area contributed by atoms with E-state index in [1.165, 1.54) is 19.8 Å². The molecule has 0 rings (SSSR count). The summed E-state index contributed by atoms with van der Waals surface area (Å²) in [5.41, 5.74) is 0. The van der Waals surface area contributed by atoms with Gasteiger partial charge in [-0.2, -0.15) is 5.26 Å². The third-order valence-corrected chi connectivity index (χ3v) is 0.892. The van der Waals surface area contributed by atoms with Crippen LogP contribution in [0.2, 0.25) is 0 Å². The zero-order valence-corrected chi connectivity index (χ0v) is 6.76. The number of aldehydes is 1. The normalized spacial score (nSPS) is 6.90. The van der Waals surface area contributed by atoms with Crippen molar-refractivity contribution in [3.8, 4) is 6.07 Å². The summed E-state index contributed by atoms with van der Waals surface area (Å²) < 4.78 is 0. The van der Waals surface area contributed by atoms with Crippen molar-refractivity contribution in [2.75, 3.05) is 0 Å². The van der Waals surface area contributed by atoms with Crippen LogP contribution in [0, 0.1) is 11.3 Å². The Kier molecular flexibility index (Phi) is 18.7. The van der Waals surface area contributed by atoms with Crippen molar-refractivity contribution >= 4 is 6.29 Å². The van der Waals surface area contributed by atoms with Gasteiger partial charge in [0.15, 0.2) is 0 Å². The third kappa shape index (κ3) is 27.2. The second-order valence-electron chi connectivity index (χ2n) is 1.85. The highest BCUT2D eigenvalue weighted by Crippen LogP contribution is 1.95. The van der Waals surface area contributed by atoms with Gasteiger partial charge < -0.3 is 4.79 Å². The number of unbranched alkanes of at least 4 members (excludes halogenated alkanes) is 3. The molecule has 58 valence electrons. The number of rotatable bonds is 3. The summed E-state index contributed by atoms with van der Waals surface area (Å²) in [6, 6.07) is 2.10. The van der Waals surface area contributed by atoms with E-state index in [-0.39, 0.29) is 0 Å². The number of hydrogen-bond acceptors (Lipinski definition) is 2. The first-order chi connectivity index (χ1) is 4.83. The molecule has 0 aliphatic rings. The summed E-state index contributed by atoms with van der Waals surface area (Å²) in [5.74, 6) is 0. The Labute approximate surface area is 62.9 Å². The van der Waals surface area contributed by atoms with Crippen LogP contribution in [0.4, 0.5) is 0 Å². The minimum Gasteiger partial charge on any atom is -0.304 e. The molecule has 0 aromatic rings. The second-order valence-corrected chi connectivity index (χ2v) is 1.85. The molecule has 0 saturated carbocycles. The molecule has 2 heteroatoms. The van der Waals surface area contributed by atoms with Gasteiger partial charge in [-0.15, -0.1) is 0 Å². The molecule has 0 spiro atoms. The predicted octanol–water partition coefficient (Wildman–Crippen LogP) is 2.30. The Hall–Kier alpha value is -0.840. The molecule has 0 unspecified atom stereocenters. The van der Waals surface area contributed by atoms with Gasteiger partial charge in [-0.3, -0.25) is 0 Å². The lowest BCUT2D eigenvalue weighted by Gasteiger charge is -1.84. The Balaban J connectivity index is 0. The van der Waals surface area contributed by atoms with Gasteiger partial charge in [0, 0.05) is 6.42 Å². The highest BCUT2D eigenvalue weighted by molar-refractivity contribution is 5.44. The van der Waals surface area contributed by atoms with Gasteiger partial charge in [-0.1, -0.05) is 19.8 Å². The first-order valence-corrected chi connectivity index (χ1v) is 3.60. The largest absolute Gasteiger partial charge is 0.304 e. The zero-order valence-electron chi connectivity index (χ0n) is 6.76. The van der Waals surface area contributed by atoms with E-state index in [0.29, 0.717) is 0 Å². The Morgan fingerprint density at radius 2 is 2.00 bits per heavy atom. The fourth-order valence-electron chi connectivity index (χ4n) is 0.454. The smallest absolute Gasteiger partial charge is 0.116 e. The van der Waals surface area contributed by atoms with Gasteiger partial charge in [-0.05, 0) is 13.3 Å². The van der Waals surface area contributed by atoms with Gasteiger partial charge >= 0.3 is 0 Å². The van der Waals surface area contributed by atoms with E-state index in [0.717, 1.165) is 19.1 Å². The molecule has 0 aliphatic heterocycles. The van der Waals surface area contributed by atoms with Crippen LogP contribution in [0.1, 0.15) is 39.5 Å². The summed E-state index contributed by atoms with van der Waals surface area (Å²) in [4.78, 5) is 8.81. The maximum absolute atomic E-state index is 8.81. The van der Waals surface area contributed by atoms with E-state index in [4.69, 9.17) is 10.1 Å². The molecule has 0 N–H and O–H groups in total. The van der Waals surface area contributed by atoms with Crippen LogP contribution in [0.15, 0.2) is 0 Å². The average Bonchev–Trinajstić information content (AvgIpc) is 1.91. The molecular formula is C8H15NO. The first-order valence-electron chi connectivity index (χ1n) is 3.60. The van der Waals surface area contributed by atoms with Crippen molar-refractivity contribution in [3.05, 3.63) is 0 Å². The average molecular weight is 141 g/mol.